The maximum atomic E-state index is 5.75. The zero-order valence-corrected chi connectivity index (χ0v) is 17.5. The van der Waals surface area contributed by atoms with E-state index in [9.17, 15) is 0 Å². The molecule has 0 aliphatic carbocycles. The van der Waals surface area contributed by atoms with Crippen LogP contribution in [0.15, 0.2) is 54.6 Å². The van der Waals surface area contributed by atoms with Crippen molar-refractivity contribution in [1.29, 1.82) is 0 Å². The Morgan fingerprint density at radius 3 is 1.04 bits per heavy atom. The van der Waals surface area contributed by atoms with Crippen molar-refractivity contribution in [1.82, 2.24) is 0 Å². The summed E-state index contributed by atoms with van der Waals surface area (Å²) in [6.07, 6.45) is 0. The standard InChI is InChI=1S/C25H28O3/c1-16-7-10-22(26-4)19(13-16)25(20-14-17(2)8-11-23(20)27-5)21-15-18(3)9-12-24(21)28-6/h7-15,25H,1-6H3. The lowest BCUT2D eigenvalue weighted by atomic mass is 9.82. The Morgan fingerprint density at radius 1 is 0.500 bits per heavy atom. The predicted octanol–water partition coefficient (Wildman–Crippen LogP) is 5.82. The zero-order valence-electron chi connectivity index (χ0n) is 17.5. The van der Waals surface area contributed by atoms with E-state index in [1.54, 1.807) is 21.3 Å². The Kier molecular flexibility index (Phi) is 5.93. The normalized spacial score (nSPS) is 10.8. The predicted molar refractivity (Wildman–Crippen MR) is 114 cm³/mol. The van der Waals surface area contributed by atoms with Crippen LogP contribution in [-0.2, 0) is 0 Å². The molecule has 3 aromatic carbocycles. The van der Waals surface area contributed by atoms with Crippen molar-refractivity contribution < 1.29 is 14.2 Å². The number of hydrogen-bond acceptors (Lipinski definition) is 3. The van der Waals surface area contributed by atoms with E-state index in [1.807, 2.05) is 18.2 Å². The van der Waals surface area contributed by atoms with Gasteiger partial charge in [-0.05, 0) is 39.0 Å². The molecule has 0 radical (unpaired) electrons. The van der Waals surface area contributed by atoms with Gasteiger partial charge in [0.2, 0.25) is 0 Å². The van der Waals surface area contributed by atoms with E-state index >= 15 is 0 Å². The quantitative estimate of drug-likeness (QED) is 0.508. The van der Waals surface area contributed by atoms with Crippen LogP contribution in [-0.4, -0.2) is 21.3 Å². The molecule has 0 aromatic heterocycles. The molecule has 0 aliphatic rings. The smallest absolute Gasteiger partial charge is 0.123 e. The monoisotopic (exact) mass is 376 g/mol. The first-order chi connectivity index (χ1) is 13.5. The molecule has 0 saturated carbocycles. The third kappa shape index (κ3) is 3.84. The SMILES string of the molecule is COc1ccc(C)cc1C(c1cc(C)ccc1OC)c1cc(C)ccc1OC. The first-order valence-electron chi connectivity index (χ1n) is 9.42. The molecule has 0 fully saturated rings. The maximum absolute atomic E-state index is 5.75. The number of ether oxygens (including phenoxy) is 3. The number of aryl methyl sites for hydroxylation is 3. The molecule has 0 bridgehead atoms. The summed E-state index contributed by atoms with van der Waals surface area (Å²) in [4.78, 5) is 0. The van der Waals surface area contributed by atoms with E-state index < -0.39 is 0 Å². The minimum atomic E-state index is -0.0837. The van der Waals surface area contributed by atoms with Crippen molar-refractivity contribution in [2.24, 2.45) is 0 Å². The van der Waals surface area contributed by atoms with Gasteiger partial charge >= 0.3 is 0 Å². The van der Waals surface area contributed by atoms with Crippen LogP contribution in [0.25, 0.3) is 0 Å². The lowest BCUT2D eigenvalue weighted by molar-refractivity contribution is 0.396. The summed E-state index contributed by atoms with van der Waals surface area (Å²) in [5, 5.41) is 0. The first kappa shape index (κ1) is 19.8. The van der Waals surface area contributed by atoms with Crippen molar-refractivity contribution in [3.8, 4) is 17.2 Å². The average Bonchev–Trinajstić information content (AvgIpc) is 2.69. The van der Waals surface area contributed by atoms with Gasteiger partial charge in [-0.25, -0.2) is 0 Å². The van der Waals surface area contributed by atoms with Crippen molar-refractivity contribution in [2.75, 3.05) is 21.3 Å². The average molecular weight is 376 g/mol. The van der Waals surface area contributed by atoms with Crippen LogP contribution in [0.2, 0.25) is 0 Å². The molecular formula is C25H28O3. The van der Waals surface area contributed by atoms with E-state index in [1.165, 1.54) is 16.7 Å². The molecule has 0 saturated heterocycles. The van der Waals surface area contributed by atoms with Crippen molar-refractivity contribution in [2.45, 2.75) is 26.7 Å². The summed E-state index contributed by atoms with van der Waals surface area (Å²) in [6, 6.07) is 18.9. The van der Waals surface area contributed by atoms with Crippen LogP contribution < -0.4 is 14.2 Å². The van der Waals surface area contributed by atoms with Crippen LogP contribution in [0.3, 0.4) is 0 Å². The van der Waals surface area contributed by atoms with Gasteiger partial charge in [-0.2, -0.15) is 0 Å². The fourth-order valence-corrected chi connectivity index (χ4v) is 3.74. The molecule has 0 aliphatic heterocycles. The van der Waals surface area contributed by atoms with Gasteiger partial charge in [0.05, 0.1) is 21.3 Å². The molecule has 0 amide bonds. The summed E-state index contributed by atoms with van der Waals surface area (Å²) in [7, 11) is 5.14. The Bertz CT molecular complexity index is 848. The molecule has 0 atom stereocenters. The minimum Gasteiger partial charge on any atom is -0.496 e. The number of hydrogen-bond donors (Lipinski definition) is 0. The van der Waals surface area contributed by atoms with Crippen LogP contribution in [0.1, 0.15) is 39.3 Å². The highest BCUT2D eigenvalue weighted by Crippen LogP contribution is 2.44. The van der Waals surface area contributed by atoms with Crippen LogP contribution in [0.5, 0.6) is 17.2 Å². The van der Waals surface area contributed by atoms with Gasteiger partial charge in [-0.1, -0.05) is 53.1 Å². The summed E-state index contributed by atoms with van der Waals surface area (Å²) in [5.41, 5.74) is 6.82. The van der Waals surface area contributed by atoms with Crippen LogP contribution in [0, 0.1) is 20.8 Å². The van der Waals surface area contributed by atoms with Crippen molar-refractivity contribution >= 4 is 0 Å². The molecule has 0 unspecified atom stereocenters. The summed E-state index contributed by atoms with van der Waals surface area (Å²) in [6.45, 7) is 6.29. The third-order valence-corrected chi connectivity index (χ3v) is 5.09. The minimum absolute atomic E-state index is 0.0837. The second-order valence-electron chi connectivity index (χ2n) is 7.17. The van der Waals surface area contributed by atoms with Gasteiger partial charge in [-0.3, -0.25) is 0 Å². The highest BCUT2D eigenvalue weighted by molar-refractivity contribution is 5.58. The van der Waals surface area contributed by atoms with Crippen LogP contribution >= 0.6 is 0 Å². The second kappa shape index (κ2) is 8.39. The molecular weight excluding hydrogens is 348 g/mol. The third-order valence-electron chi connectivity index (χ3n) is 5.09. The number of benzene rings is 3. The molecule has 146 valence electrons. The highest BCUT2D eigenvalue weighted by Gasteiger charge is 2.27. The van der Waals surface area contributed by atoms with Gasteiger partial charge in [-0.15, -0.1) is 0 Å². The van der Waals surface area contributed by atoms with E-state index in [0.29, 0.717) is 0 Å². The Labute approximate surface area is 167 Å². The molecule has 3 rings (SSSR count). The van der Waals surface area contributed by atoms with Gasteiger partial charge < -0.3 is 14.2 Å². The first-order valence-corrected chi connectivity index (χ1v) is 9.42. The Hall–Kier alpha value is -2.94. The molecule has 28 heavy (non-hydrogen) atoms. The van der Waals surface area contributed by atoms with Gasteiger partial charge in [0.25, 0.3) is 0 Å². The van der Waals surface area contributed by atoms with Crippen molar-refractivity contribution in [3.63, 3.8) is 0 Å². The van der Waals surface area contributed by atoms with Gasteiger partial charge in [0.15, 0.2) is 0 Å². The molecule has 3 heteroatoms. The topological polar surface area (TPSA) is 27.7 Å². The van der Waals surface area contributed by atoms with Gasteiger partial charge in [0.1, 0.15) is 17.2 Å². The number of rotatable bonds is 6. The molecule has 3 aromatic rings. The van der Waals surface area contributed by atoms with Gasteiger partial charge in [0, 0.05) is 22.6 Å². The molecule has 0 spiro atoms. The second-order valence-corrected chi connectivity index (χ2v) is 7.17. The fraction of sp³-hybridized carbons (Fsp3) is 0.280. The lowest BCUT2D eigenvalue weighted by Gasteiger charge is -2.25. The molecule has 0 heterocycles. The summed E-state index contributed by atoms with van der Waals surface area (Å²) < 4.78 is 17.3. The largest absolute Gasteiger partial charge is 0.496 e. The highest BCUT2D eigenvalue weighted by atomic mass is 16.5. The molecule has 0 N–H and O–H groups in total. The Morgan fingerprint density at radius 2 is 0.786 bits per heavy atom. The lowest BCUT2D eigenvalue weighted by Crippen LogP contribution is -2.10. The zero-order chi connectivity index (χ0) is 20.3. The molecule has 3 nitrogen and oxygen atoms in total. The van der Waals surface area contributed by atoms with E-state index in [4.69, 9.17) is 14.2 Å². The van der Waals surface area contributed by atoms with Crippen molar-refractivity contribution in [3.05, 3.63) is 88.0 Å². The van der Waals surface area contributed by atoms with E-state index in [0.717, 1.165) is 33.9 Å². The van der Waals surface area contributed by atoms with Crippen LogP contribution in [0.4, 0.5) is 0 Å². The number of methoxy groups -OCH3 is 3. The van der Waals surface area contributed by atoms with E-state index in [2.05, 4.69) is 57.2 Å². The fourth-order valence-electron chi connectivity index (χ4n) is 3.74. The maximum Gasteiger partial charge on any atom is 0.123 e. The Balaban J connectivity index is 2.38. The summed E-state index contributed by atoms with van der Waals surface area (Å²) in [5.74, 6) is 2.47. The van der Waals surface area contributed by atoms with E-state index in [-0.39, 0.29) is 5.92 Å². The summed E-state index contributed by atoms with van der Waals surface area (Å²) >= 11 is 0.